The smallest absolute Gasteiger partial charge is 0.410 e. The zero-order chi connectivity index (χ0) is 21.3. The van der Waals surface area contributed by atoms with Gasteiger partial charge in [-0.1, -0.05) is 60.7 Å². The Hall–Kier alpha value is -3.55. The van der Waals surface area contributed by atoms with Gasteiger partial charge in [-0.05, 0) is 11.1 Å². The number of esters is 1. The van der Waals surface area contributed by atoms with E-state index in [1.807, 2.05) is 60.7 Å². The Labute approximate surface area is 174 Å². The molecular formula is C22H24N2O6. The molecule has 1 fully saturated rings. The van der Waals surface area contributed by atoms with Gasteiger partial charge >= 0.3 is 18.2 Å². The minimum Gasteiger partial charge on any atom is -0.467 e. The van der Waals surface area contributed by atoms with Crippen molar-refractivity contribution in [3.8, 4) is 0 Å². The molecule has 2 amide bonds. The first-order valence-electron chi connectivity index (χ1n) is 9.59. The van der Waals surface area contributed by atoms with E-state index >= 15 is 0 Å². The van der Waals surface area contributed by atoms with E-state index in [4.69, 9.17) is 14.2 Å². The second-order valence-corrected chi connectivity index (χ2v) is 6.76. The van der Waals surface area contributed by atoms with Crippen LogP contribution in [-0.2, 0) is 32.2 Å². The molecule has 1 unspecified atom stereocenters. The van der Waals surface area contributed by atoms with Gasteiger partial charge in [0.1, 0.15) is 13.2 Å². The molecule has 8 nitrogen and oxygen atoms in total. The van der Waals surface area contributed by atoms with Crippen LogP contribution < -0.4 is 0 Å². The maximum absolute atomic E-state index is 12.6. The highest BCUT2D eigenvalue weighted by molar-refractivity contribution is 5.83. The number of nitrogens with zero attached hydrogens (tertiary/aromatic N) is 2. The number of rotatable bonds is 5. The number of piperazine rings is 1. The van der Waals surface area contributed by atoms with Gasteiger partial charge in [0, 0.05) is 13.1 Å². The van der Waals surface area contributed by atoms with E-state index in [0.717, 1.165) is 11.1 Å². The largest absolute Gasteiger partial charge is 0.467 e. The third kappa shape index (κ3) is 5.50. The highest BCUT2D eigenvalue weighted by Gasteiger charge is 2.39. The van der Waals surface area contributed by atoms with Crippen molar-refractivity contribution in [2.75, 3.05) is 26.7 Å². The van der Waals surface area contributed by atoms with Gasteiger partial charge in [-0.2, -0.15) is 0 Å². The predicted molar refractivity (Wildman–Crippen MR) is 107 cm³/mol. The van der Waals surface area contributed by atoms with Crippen molar-refractivity contribution in [3.63, 3.8) is 0 Å². The summed E-state index contributed by atoms with van der Waals surface area (Å²) >= 11 is 0. The van der Waals surface area contributed by atoms with E-state index in [-0.39, 0.29) is 32.8 Å². The summed E-state index contributed by atoms with van der Waals surface area (Å²) in [5, 5.41) is 0. The molecule has 1 atom stereocenters. The summed E-state index contributed by atoms with van der Waals surface area (Å²) in [4.78, 5) is 39.9. The summed E-state index contributed by atoms with van der Waals surface area (Å²) in [5.41, 5.74) is 1.70. The van der Waals surface area contributed by atoms with Crippen molar-refractivity contribution in [2.24, 2.45) is 0 Å². The van der Waals surface area contributed by atoms with E-state index in [2.05, 4.69) is 0 Å². The second kappa shape index (κ2) is 10.3. The fourth-order valence-corrected chi connectivity index (χ4v) is 3.12. The van der Waals surface area contributed by atoms with Crippen molar-refractivity contribution >= 4 is 18.2 Å². The Morgan fingerprint density at radius 1 is 0.833 bits per heavy atom. The van der Waals surface area contributed by atoms with Gasteiger partial charge in [0.15, 0.2) is 6.04 Å². The molecule has 0 aliphatic carbocycles. The summed E-state index contributed by atoms with van der Waals surface area (Å²) in [5.74, 6) is -0.618. The fraction of sp³-hybridized carbons (Fsp3) is 0.318. The summed E-state index contributed by atoms with van der Waals surface area (Å²) < 4.78 is 15.5. The topological polar surface area (TPSA) is 85.4 Å². The van der Waals surface area contributed by atoms with Crippen molar-refractivity contribution in [3.05, 3.63) is 71.8 Å². The van der Waals surface area contributed by atoms with E-state index in [9.17, 15) is 14.4 Å². The van der Waals surface area contributed by atoms with E-state index in [1.165, 1.54) is 16.9 Å². The number of carbonyl (C=O) groups excluding carboxylic acids is 3. The number of carbonyl (C=O) groups is 3. The molecule has 158 valence electrons. The maximum Gasteiger partial charge on any atom is 0.410 e. The SMILES string of the molecule is COC(=O)C1CN(C(=O)OCc2ccccc2)CCN1C(=O)OCc1ccccc1. The molecule has 1 saturated heterocycles. The lowest BCUT2D eigenvalue weighted by atomic mass is 10.2. The fourth-order valence-electron chi connectivity index (χ4n) is 3.12. The molecule has 0 bridgehead atoms. The third-order valence-electron chi connectivity index (χ3n) is 4.76. The van der Waals surface area contributed by atoms with Gasteiger partial charge in [0.25, 0.3) is 0 Å². The molecule has 1 aliphatic rings. The number of ether oxygens (including phenoxy) is 3. The molecule has 8 heteroatoms. The van der Waals surface area contributed by atoms with Gasteiger partial charge in [0.05, 0.1) is 13.7 Å². The first kappa shape index (κ1) is 21.2. The van der Waals surface area contributed by atoms with Gasteiger partial charge in [0.2, 0.25) is 0 Å². The molecule has 0 saturated carbocycles. The van der Waals surface area contributed by atoms with Crippen molar-refractivity contribution in [1.29, 1.82) is 0 Å². The standard InChI is InChI=1S/C22H24N2O6/c1-28-20(25)19-14-23(21(26)29-15-17-8-4-2-5-9-17)12-13-24(19)22(27)30-16-18-10-6-3-7-11-18/h2-11,19H,12-16H2,1H3. The number of hydrogen-bond donors (Lipinski definition) is 0. The summed E-state index contributed by atoms with van der Waals surface area (Å²) in [6, 6.07) is 17.6. The van der Waals surface area contributed by atoms with Gasteiger partial charge in [-0.25, -0.2) is 14.4 Å². The Balaban J connectivity index is 1.58. The molecular weight excluding hydrogens is 388 g/mol. The number of methoxy groups -OCH3 is 1. The molecule has 1 aliphatic heterocycles. The van der Waals surface area contributed by atoms with E-state index in [0.29, 0.717) is 0 Å². The number of benzene rings is 2. The second-order valence-electron chi connectivity index (χ2n) is 6.76. The summed E-state index contributed by atoms with van der Waals surface area (Å²) in [7, 11) is 1.24. The Bertz CT molecular complexity index is 858. The zero-order valence-corrected chi connectivity index (χ0v) is 16.7. The van der Waals surface area contributed by atoms with Crippen LogP contribution in [0.3, 0.4) is 0 Å². The highest BCUT2D eigenvalue weighted by Crippen LogP contribution is 2.16. The van der Waals surface area contributed by atoms with Crippen LogP contribution >= 0.6 is 0 Å². The van der Waals surface area contributed by atoms with Crippen LogP contribution in [0, 0.1) is 0 Å². The Morgan fingerprint density at radius 3 is 1.90 bits per heavy atom. The molecule has 0 radical (unpaired) electrons. The number of hydrogen-bond acceptors (Lipinski definition) is 6. The Morgan fingerprint density at radius 2 is 1.37 bits per heavy atom. The van der Waals surface area contributed by atoms with Crippen molar-refractivity contribution in [2.45, 2.75) is 19.3 Å². The van der Waals surface area contributed by atoms with Crippen LogP contribution in [0.25, 0.3) is 0 Å². The average molecular weight is 412 g/mol. The molecule has 0 spiro atoms. The first-order chi connectivity index (χ1) is 14.6. The van der Waals surface area contributed by atoms with Crippen LogP contribution in [0.1, 0.15) is 11.1 Å². The van der Waals surface area contributed by atoms with Gasteiger partial charge in [-0.15, -0.1) is 0 Å². The molecule has 30 heavy (non-hydrogen) atoms. The van der Waals surface area contributed by atoms with Crippen molar-refractivity contribution < 1.29 is 28.6 Å². The minimum absolute atomic E-state index is 0.0271. The molecule has 2 aromatic rings. The molecule has 0 aromatic heterocycles. The molecule has 2 aromatic carbocycles. The van der Waals surface area contributed by atoms with Gasteiger partial charge < -0.3 is 19.1 Å². The van der Waals surface area contributed by atoms with Crippen LogP contribution in [-0.4, -0.2) is 60.7 Å². The quantitative estimate of drug-likeness (QED) is 0.555. The van der Waals surface area contributed by atoms with Crippen LogP contribution in [0.15, 0.2) is 60.7 Å². The minimum atomic E-state index is -0.962. The van der Waals surface area contributed by atoms with Crippen LogP contribution in [0.4, 0.5) is 9.59 Å². The lowest BCUT2D eigenvalue weighted by Crippen LogP contribution is -2.59. The zero-order valence-electron chi connectivity index (χ0n) is 16.7. The highest BCUT2D eigenvalue weighted by atomic mass is 16.6. The van der Waals surface area contributed by atoms with Gasteiger partial charge in [-0.3, -0.25) is 4.90 Å². The molecule has 3 rings (SSSR count). The van der Waals surface area contributed by atoms with E-state index < -0.39 is 24.2 Å². The lowest BCUT2D eigenvalue weighted by molar-refractivity contribution is -0.148. The van der Waals surface area contributed by atoms with Crippen LogP contribution in [0.5, 0.6) is 0 Å². The predicted octanol–water partition coefficient (Wildman–Crippen LogP) is 2.82. The summed E-state index contributed by atoms with van der Waals surface area (Å²) in [6.07, 6.45) is -1.18. The molecule has 0 N–H and O–H groups in total. The third-order valence-corrected chi connectivity index (χ3v) is 4.76. The normalized spacial score (nSPS) is 16.0. The van der Waals surface area contributed by atoms with E-state index in [1.54, 1.807) is 0 Å². The lowest BCUT2D eigenvalue weighted by Gasteiger charge is -2.38. The Kier molecular flexibility index (Phi) is 7.26. The van der Waals surface area contributed by atoms with Crippen molar-refractivity contribution in [1.82, 2.24) is 9.80 Å². The first-order valence-corrected chi connectivity index (χ1v) is 9.59. The molecule has 1 heterocycles. The monoisotopic (exact) mass is 412 g/mol. The maximum atomic E-state index is 12.6. The number of amides is 2. The van der Waals surface area contributed by atoms with Crippen LogP contribution in [0.2, 0.25) is 0 Å². The summed E-state index contributed by atoms with van der Waals surface area (Å²) in [6.45, 7) is 0.547. The average Bonchev–Trinajstić information content (AvgIpc) is 2.81.